The highest BCUT2D eigenvalue weighted by Crippen LogP contribution is 2.43. The molecule has 1 fully saturated rings. The topological polar surface area (TPSA) is 56.5 Å². The van der Waals surface area contributed by atoms with Gasteiger partial charge in [-0.15, -0.1) is 0 Å². The van der Waals surface area contributed by atoms with Gasteiger partial charge in [-0.3, -0.25) is 0 Å². The van der Waals surface area contributed by atoms with Gasteiger partial charge < -0.3 is 20.2 Å². The first-order chi connectivity index (χ1) is 10.7. The van der Waals surface area contributed by atoms with E-state index < -0.39 is 8.32 Å². The lowest BCUT2D eigenvalue weighted by Gasteiger charge is -2.47. The van der Waals surface area contributed by atoms with Crippen molar-refractivity contribution >= 4 is 14.0 Å². The van der Waals surface area contributed by atoms with Gasteiger partial charge >= 0.3 is 0 Å². The number of nitrogens with one attached hydrogen (secondary N) is 1. The third-order valence-corrected chi connectivity index (χ3v) is 10.2. The summed E-state index contributed by atoms with van der Waals surface area (Å²) in [6, 6.07) is 6.74. The number of rotatable bonds is 3. The molecule has 1 aromatic carbocycles. The molecule has 3 atom stereocenters. The van der Waals surface area contributed by atoms with Gasteiger partial charge in [-0.05, 0) is 35.8 Å². The zero-order valence-electron chi connectivity index (χ0n) is 15.0. The van der Waals surface area contributed by atoms with Crippen molar-refractivity contribution < 1.29 is 9.16 Å². The zero-order valence-corrected chi connectivity index (χ0v) is 16.0. The summed E-state index contributed by atoms with van der Waals surface area (Å²) in [6.07, 6.45) is 1.27. The molecule has 4 nitrogen and oxygen atoms in total. The van der Waals surface area contributed by atoms with Crippen molar-refractivity contribution in [2.75, 3.05) is 11.9 Å². The summed E-state index contributed by atoms with van der Waals surface area (Å²) in [7, 11) is -1.79. The van der Waals surface area contributed by atoms with Gasteiger partial charge in [0.15, 0.2) is 8.32 Å². The number of hydrogen-bond acceptors (Lipinski definition) is 4. The lowest BCUT2D eigenvalue weighted by molar-refractivity contribution is -0.0620. The van der Waals surface area contributed by atoms with Gasteiger partial charge in [0.1, 0.15) is 0 Å². The third kappa shape index (κ3) is 3.20. The van der Waals surface area contributed by atoms with E-state index in [9.17, 15) is 0 Å². The molecule has 0 aliphatic carbocycles. The smallest absolute Gasteiger partial charge is 0.192 e. The fourth-order valence-electron chi connectivity index (χ4n) is 3.15. The molecule has 1 unspecified atom stereocenters. The molecule has 2 aliphatic rings. The van der Waals surface area contributed by atoms with Gasteiger partial charge in [0.2, 0.25) is 0 Å². The van der Waals surface area contributed by atoms with E-state index in [0.717, 1.165) is 12.0 Å². The van der Waals surface area contributed by atoms with E-state index in [1.807, 2.05) is 0 Å². The first kappa shape index (κ1) is 17.0. The van der Waals surface area contributed by atoms with Crippen molar-refractivity contribution in [1.82, 2.24) is 0 Å². The summed E-state index contributed by atoms with van der Waals surface area (Å²) in [5, 5.41) is 3.89. The number of anilines is 1. The molecule has 2 heterocycles. The number of nitrogens with two attached hydrogens (primary N) is 1. The van der Waals surface area contributed by atoms with Crippen LogP contribution in [0.3, 0.4) is 0 Å². The lowest BCUT2D eigenvalue weighted by atomic mass is 9.89. The molecule has 0 saturated carbocycles. The molecular formula is C18H30N2O2Si. The van der Waals surface area contributed by atoms with E-state index in [4.69, 9.17) is 14.9 Å². The van der Waals surface area contributed by atoms with E-state index >= 15 is 0 Å². The maximum absolute atomic E-state index is 6.62. The fraction of sp³-hybridized carbons (Fsp3) is 0.667. The van der Waals surface area contributed by atoms with Gasteiger partial charge in [0.05, 0.1) is 24.9 Å². The maximum Gasteiger partial charge on any atom is 0.192 e. The Bertz CT molecular complexity index is 583. The molecular weight excluding hydrogens is 304 g/mol. The van der Waals surface area contributed by atoms with Crippen LogP contribution in [0, 0.1) is 0 Å². The minimum atomic E-state index is -1.79. The first-order valence-electron chi connectivity index (χ1n) is 8.60. The van der Waals surface area contributed by atoms with Crippen LogP contribution in [0.4, 0.5) is 5.69 Å². The zero-order chi connectivity index (χ0) is 16.8. The van der Waals surface area contributed by atoms with Crippen molar-refractivity contribution in [3.63, 3.8) is 0 Å². The lowest BCUT2D eigenvalue weighted by Crippen LogP contribution is -2.54. The monoisotopic (exact) mass is 334 g/mol. The molecule has 0 spiro atoms. The highest BCUT2D eigenvalue weighted by molar-refractivity contribution is 6.74. The average Bonchev–Trinajstić information content (AvgIpc) is 2.48. The molecule has 23 heavy (non-hydrogen) atoms. The Morgan fingerprint density at radius 1 is 1.35 bits per heavy atom. The van der Waals surface area contributed by atoms with Crippen molar-refractivity contribution in [2.24, 2.45) is 5.73 Å². The minimum Gasteiger partial charge on any atom is -0.409 e. The Morgan fingerprint density at radius 2 is 2.09 bits per heavy atom. The molecule has 2 bridgehead atoms. The van der Waals surface area contributed by atoms with Crippen molar-refractivity contribution in [1.29, 1.82) is 0 Å². The SMILES string of the molecule is CC(C)(C)[Si](C)(C)OC1CO[C@H]2C[C@@H]1Nc1ccc(CN)cc12. The molecule has 0 aromatic heterocycles. The number of hydrogen-bond donors (Lipinski definition) is 2. The normalized spacial score (nSPS) is 27.3. The van der Waals surface area contributed by atoms with E-state index in [-0.39, 0.29) is 17.2 Å². The minimum absolute atomic E-state index is 0.134. The van der Waals surface area contributed by atoms with Crippen LogP contribution in [-0.4, -0.2) is 27.1 Å². The van der Waals surface area contributed by atoms with Crippen LogP contribution >= 0.6 is 0 Å². The quantitative estimate of drug-likeness (QED) is 0.826. The molecule has 2 aliphatic heterocycles. The summed E-state index contributed by atoms with van der Waals surface area (Å²) in [5.41, 5.74) is 9.34. The van der Waals surface area contributed by atoms with Gasteiger partial charge in [-0.2, -0.15) is 0 Å². The summed E-state index contributed by atoms with van der Waals surface area (Å²) in [5.74, 6) is 0. The molecule has 1 aromatic rings. The summed E-state index contributed by atoms with van der Waals surface area (Å²) in [4.78, 5) is 0. The van der Waals surface area contributed by atoms with E-state index in [1.54, 1.807) is 0 Å². The van der Waals surface area contributed by atoms with E-state index in [1.165, 1.54) is 11.3 Å². The number of fused-ring (bicyclic) bond motifs is 4. The Kier molecular flexibility index (Phi) is 4.34. The second kappa shape index (κ2) is 5.88. The van der Waals surface area contributed by atoms with Gasteiger partial charge in [-0.25, -0.2) is 0 Å². The maximum atomic E-state index is 6.62. The predicted molar refractivity (Wildman–Crippen MR) is 97.1 cm³/mol. The number of benzene rings is 1. The molecule has 0 amide bonds. The largest absolute Gasteiger partial charge is 0.409 e. The van der Waals surface area contributed by atoms with Crippen LogP contribution in [0.1, 0.15) is 44.4 Å². The molecule has 3 N–H and O–H groups in total. The van der Waals surface area contributed by atoms with E-state index in [0.29, 0.717) is 19.2 Å². The van der Waals surface area contributed by atoms with E-state index in [2.05, 4.69) is 57.4 Å². The number of ether oxygens (including phenoxy) is 1. The summed E-state index contributed by atoms with van der Waals surface area (Å²) in [6.45, 7) is 12.7. The predicted octanol–water partition coefficient (Wildman–Crippen LogP) is 3.79. The Hall–Kier alpha value is -0.883. The second-order valence-electron chi connectivity index (χ2n) is 8.35. The second-order valence-corrected chi connectivity index (χ2v) is 13.1. The Morgan fingerprint density at radius 3 is 2.74 bits per heavy atom. The molecule has 3 rings (SSSR count). The third-order valence-electron chi connectivity index (χ3n) is 5.67. The highest BCUT2D eigenvalue weighted by atomic mass is 28.4. The molecule has 5 heteroatoms. The average molecular weight is 335 g/mol. The van der Waals surface area contributed by atoms with Crippen LogP contribution in [0.2, 0.25) is 18.1 Å². The van der Waals surface area contributed by atoms with Crippen LogP contribution in [0.15, 0.2) is 18.2 Å². The van der Waals surface area contributed by atoms with Crippen molar-refractivity contribution in [2.45, 2.75) is 70.1 Å². The van der Waals surface area contributed by atoms with Crippen molar-refractivity contribution in [3.05, 3.63) is 29.3 Å². The van der Waals surface area contributed by atoms with Crippen molar-refractivity contribution in [3.8, 4) is 0 Å². The standard InChI is InChI=1S/C18H30N2O2Si/c1-18(2,3)23(4,5)22-17-11-21-16-9-15(17)20-14-7-6-12(10-19)8-13(14)16/h6-8,15-17,20H,9-11,19H2,1-5H3/t15-,16-,17?/m0/s1. The van der Waals surface area contributed by atoms with Crippen LogP contribution in [-0.2, 0) is 15.7 Å². The summed E-state index contributed by atoms with van der Waals surface area (Å²) >= 11 is 0. The van der Waals surface area contributed by atoms with Crippen LogP contribution in [0.25, 0.3) is 0 Å². The molecule has 0 radical (unpaired) electrons. The van der Waals surface area contributed by atoms with Crippen LogP contribution in [0.5, 0.6) is 0 Å². The van der Waals surface area contributed by atoms with Gasteiger partial charge in [-0.1, -0.05) is 26.8 Å². The van der Waals surface area contributed by atoms with Gasteiger partial charge in [0.25, 0.3) is 0 Å². The molecule has 128 valence electrons. The first-order valence-corrected chi connectivity index (χ1v) is 11.5. The Labute approximate surface area is 140 Å². The Balaban J connectivity index is 1.79. The van der Waals surface area contributed by atoms with Crippen LogP contribution < -0.4 is 11.1 Å². The highest BCUT2D eigenvalue weighted by Gasteiger charge is 2.44. The molecule has 1 saturated heterocycles. The summed E-state index contributed by atoms with van der Waals surface area (Å²) < 4.78 is 12.8. The van der Waals surface area contributed by atoms with Gasteiger partial charge in [0, 0.05) is 24.2 Å². The fourth-order valence-corrected chi connectivity index (χ4v) is 4.50.